The van der Waals surface area contributed by atoms with Gasteiger partial charge in [-0.05, 0) is 42.7 Å². The summed E-state index contributed by atoms with van der Waals surface area (Å²) in [5.41, 5.74) is 2.55. The number of nitrogens with zero attached hydrogens (tertiary/aromatic N) is 2. The van der Waals surface area contributed by atoms with Gasteiger partial charge in [0.25, 0.3) is 0 Å². The van der Waals surface area contributed by atoms with Crippen LogP contribution in [-0.4, -0.2) is 45.2 Å². The van der Waals surface area contributed by atoms with E-state index in [4.69, 9.17) is 16.3 Å². The second kappa shape index (κ2) is 8.01. The number of carbonyl (C=O) groups excluding carboxylic acids is 1. The predicted octanol–water partition coefficient (Wildman–Crippen LogP) is 3.09. The van der Waals surface area contributed by atoms with Gasteiger partial charge in [-0.1, -0.05) is 35.9 Å². The van der Waals surface area contributed by atoms with Gasteiger partial charge in [-0.25, -0.2) is 8.42 Å². The number of rotatable bonds is 5. The van der Waals surface area contributed by atoms with Crippen molar-refractivity contribution in [2.45, 2.75) is 25.9 Å². The van der Waals surface area contributed by atoms with E-state index in [2.05, 4.69) is 6.07 Å². The van der Waals surface area contributed by atoms with Gasteiger partial charge in [-0.3, -0.25) is 9.10 Å². The highest BCUT2D eigenvalue weighted by Gasteiger charge is 2.34. The van der Waals surface area contributed by atoms with E-state index < -0.39 is 16.1 Å². The average Bonchev–Trinajstić information content (AvgIpc) is 2.66. The zero-order valence-corrected chi connectivity index (χ0v) is 17.6. The summed E-state index contributed by atoms with van der Waals surface area (Å²) >= 11 is 6.08. The molecular weight excluding hydrogens is 400 g/mol. The Morgan fingerprint density at radius 1 is 1.21 bits per heavy atom. The van der Waals surface area contributed by atoms with Crippen molar-refractivity contribution in [2.75, 3.05) is 24.2 Å². The lowest BCUT2D eigenvalue weighted by Crippen LogP contribution is -2.50. The molecule has 0 fully saturated rings. The number of sulfonamides is 1. The first-order valence-electron chi connectivity index (χ1n) is 8.91. The Labute approximate surface area is 170 Å². The number of hydrogen-bond acceptors (Lipinski definition) is 4. The fourth-order valence-corrected chi connectivity index (χ4v) is 4.89. The van der Waals surface area contributed by atoms with E-state index in [1.54, 1.807) is 24.0 Å². The predicted molar refractivity (Wildman–Crippen MR) is 110 cm³/mol. The van der Waals surface area contributed by atoms with Crippen LogP contribution in [0.1, 0.15) is 18.1 Å². The van der Waals surface area contributed by atoms with Gasteiger partial charge in [-0.15, -0.1) is 0 Å². The Balaban J connectivity index is 1.94. The van der Waals surface area contributed by atoms with Crippen molar-refractivity contribution in [3.63, 3.8) is 0 Å². The summed E-state index contributed by atoms with van der Waals surface area (Å²) in [5.74, 6) is 0.0698. The molecule has 8 heteroatoms. The highest BCUT2D eigenvalue weighted by molar-refractivity contribution is 7.92. The van der Waals surface area contributed by atoms with E-state index in [-0.39, 0.29) is 11.6 Å². The smallest absolute Gasteiger partial charge is 0.246 e. The summed E-state index contributed by atoms with van der Waals surface area (Å²) in [5, 5.41) is 0.357. The molecule has 1 aliphatic rings. The van der Waals surface area contributed by atoms with Crippen molar-refractivity contribution in [1.29, 1.82) is 0 Å². The molecule has 3 rings (SSSR count). The normalized spacial score (nSPS) is 14.9. The number of hydrogen-bond donors (Lipinski definition) is 0. The van der Waals surface area contributed by atoms with E-state index in [0.29, 0.717) is 23.9 Å². The zero-order valence-electron chi connectivity index (χ0n) is 16.1. The van der Waals surface area contributed by atoms with Gasteiger partial charge in [0, 0.05) is 18.1 Å². The molecule has 0 saturated carbocycles. The van der Waals surface area contributed by atoms with Crippen LogP contribution in [0.2, 0.25) is 5.02 Å². The molecule has 2 aromatic rings. The molecule has 0 aliphatic carbocycles. The fraction of sp³-hybridized carbons (Fsp3) is 0.350. The van der Waals surface area contributed by atoms with Crippen molar-refractivity contribution < 1.29 is 17.9 Å². The molecule has 0 bridgehead atoms. The molecular formula is C20H23ClN2O4S. The molecule has 0 N–H and O–H groups in total. The van der Waals surface area contributed by atoms with Gasteiger partial charge < -0.3 is 9.64 Å². The van der Waals surface area contributed by atoms with Gasteiger partial charge >= 0.3 is 0 Å². The first-order valence-corrected chi connectivity index (χ1v) is 11.1. The lowest BCUT2D eigenvalue weighted by molar-refractivity contribution is -0.132. The Morgan fingerprint density at radius 3 is 2.54 bits per heavy atom. The molecule has 1 heterocycles. The van der Waals surface area contributed by atoms with E-state index in [9.17, 15) is 13.2 Å². The van der Waals surface area contributed by atoms with Crippen molar-refractivity contribution in [3.05, 3.63) is 58.6 Å². The summed E-state index contributed by atoms with van der Waals surface area (Å²) in [6, 6.07) is 11.7. The second-order valence-corrected chi connectivity index (χ2v) is 9.13. The van der Waals surface area contributed by atoms with Gasteiger partial charge in [0.15, 0.2) is 0 Å². The van der Waals surface area contributed by atoms with Crippen LogP contribution >= 0.6 is 11.6 Å². The summed E-state index contributed by atoms with van der Waals surface area (Å²) in [7, 11) is -2.32. The molecule has 28 heavy (non-hydrogen) atoms. The molecule has 0 unspecified atom stereocenters. The Morgan fingerprint density at radius 2 is 1.89 bits per heavy atom. The largest absolute Gasteiger partial charge is 0.495 e. The van der Waals surface area contributed by atoms with Crippen LogP contribution < -0.4 is 9.04 Å². The van der Waals surface area contributed by atoms with Crippen LogP contribution in [-0.2, 0) is 27.8 Å². The minimum atomic E-state index is -3.76. The van der Waals surface area contributed by atoms with E-state index in [1.807, 2.05) is 18.2 Å². The summed E-state index contributed by atoms with van der Waals surface area (Å²) in [4.78, 5) is 14.9. The van der Waals surface area contributed by atoms with E-state index >= 15 is 0 Å². The first kappa shape index (κ1) is 20.5. The van der Waals surface area contributed by atoms with Crippen LogP contribution in [0.5, 0.6) is 5.75 Å². The quantitative estimate of drug-likeness (QED) is 0.742. The molecule has 2 aromatic carbocycles. The first-order chi connectivity index (χ1) is 13.2. The van der Waals surface area contributed by atoms with Crippen LogP contribution in [0.15, 0.2) is 42.5 Å². The number of amides is 1. The monoisotopic (exact) mass is 422 g/mol. The number of carbonyl (C=O) groups is 1. The third-order valence-corrected chi connectivity index (χ3v) is 6.35. The van der Waals surface area contributed by atoms with Gasteiger partial charge in [0.1, 0.15) is 11.8 Å². The van der Waals surface area contributed by atoms with E-state index in [0.717, 1.165) is 22.5 Å². The Hall–Kier alpha value is -2.25. The standard InChI is InChI=1S/C20H23ClN2O4S/c1-14(20(24)22-11-10-15-6-4-5-7-16(15)13-22)23(28(3,25)26)18-12-17(21)8-9-19(18)27-2/h4-9,12,14H,10-11,13H2,1-3H3/t14-/m0/s1. The number of benzene rings is 2. The highest BCUT2D eigenvalue weighted by Crippen LogP contribution is 2.34. The minimum Gasteiger partial charge on any atom is -0.495 e. The maximum absolute atomic E-state index is 13.2. The van der Waals surface area contributed by atoms with E-state index in [1.165, 1.54) is 18.7 Å². The maximum atomic E-state index is 13.2. The van der Waals surface area contributed by atoms with Crippen molar-refractivity contribution in [2.24, 2.45) is 0 Å². The highest BCUT2D eigenvalue weighted by atomic mass is 35.5. The number of ether oxygens (including phenoxy) is 1. The lowest BCUT2D eigenvalue weighted by Gasteiger charge is -2.35. The third kappa shape index (κ3) is 4.10. The zero-order chi connectivity index (χ0) is 20.5. The fourth-order valence-electron chi connectivity index (χ4n) is 3.56. The molecule has 1 amide bonds. The second-order valence-electron chi connectivity index (χ2n) is 6.83. The van der Waals surface area contributed by atoms with Gasteiger partial charge in [-0.2, -0.15) is 0 Å². The van der Waals surface area contributed by atoms with Crippen LogP contribution in [0.3, 0.4) is 0 Å². The Bertz CT molecular complexity index is 993. The van der Waals surface area contributed by atoms with Gasteiger partial charge in [0.05, 0.1) is 19.1 Å². The van der Waals surface area contributed by atoms with Crippen molar-refractivity contribution in [1.82, 2.24) is 4.90 Å². The molecule has 1 atom stereocenters. The summed E-state index contributed by atoms with van der Waals surface area (Å²) in [6.45, 7) is 2.60. The molecule has 1 aliphatic heterocycles. The molecule has 0 spiro atoms. The van der Waals surface area contributed by atoms with Crippen molar-refractivity contribution >= 4 is 33.2 Å². The topological polar surface area (TPSA) is 66.9 Å². The number of fused-ring (bicyclic) bond motifs is 1. The number of halogens is 1. The van der Waals surface area contributed by atoms with Crippen LogP contribution in [0.25, 0.3) is 0 Å². The third-order valence-electron chi connectivity index (χ3n) is 4.89. The molecule has 0 saturated heterocycles. The van der Waals surface area contributed by atoms with Gasteiger partial charge in [0.2, 0.25) is 15.9 Å². The minimum absolute atomic E-state index is 0.246. The molecule has 150 valence electrons. The maximum Gasteiger partial charge on any atom is 0.246 e. The number of methoxy groups -OCH3 is 1. The van der Waals surface area contributed by atoms with Crippen LogP contribution in [0, 0.1) is 0 Å². The number of anilines is 1. The summed E-state index contributed by atoms with van der Waals surface area (Å²) < 4.78 is 31.6. The molecule has 0 aromatic heterocycles. The average molecular weight is 423 g/mol. The lowest BCUT2D eigenvalue weighted by atomic mass is 9.99. The van der Waals surface area contributed by atoms with Crippen molar-refractivity contribution in [3.8, 4) is 5.75 Å². The molecule has 6 nitrogen and oxygen atoms in total. The Kier molecular flexibility index (Phi) is 5.86. The molecule has 0 radical (unpaired) electrons. The SMILES string of the molecule is COc1ccc(Cl)cc1N([C@@H](C)C(=O)N1CCc2ccccc2C1)S(C)(=O)=O. The van der Waals surface area contributed by atoms with Crippen LogP contribution in [0.4, 0.5) is 5.69 Å². The summed E-state index contributed by atoms with van der Waals surface area (Å²) in [6.07, 6.45) is 1.82.